The van der Waals surface area contributed by atoms with Crippen LogP contribution in [0.2, 0.25) is 0 Å². The zero-order chi connectivity index (χ0) is 27.4. The highest BCUT2D eigenvalue weighted by molar-refractivity contribution is 5.76. The quantitative estimate of drug-likeness (QED) is 0.304. The van der Waals surface area contributed by atoms with E-state index < -0.39 is 12.1 Å². The summed E-state index contributed by atoms with van der Waals surface area (Å²) >= 11 is 0. The molecule has 0 spiro atoms. The molecule has 0 atom stereocenters. The van der Waals surface area contributed by atoms with Gasteiger partial charge in [0.25, 0.3) is 0 Å². The van der Waals surface area contributed by atoms with Gasteiger partial charge in [0.15, 0.2) is 0 Å². The van der Waals surface area contributed by atoms with Gasteiger partial charge in [-0.3, -0.25) is 4.79 Å². The number of aliphatic carboxylic acids is 1. The fraction of sp³-hybridized carbons (Fsp3) is 0.280. The number of carbonyl (C=O) groups is 2. The Morgan fingerprint density at radius 1 is 0.919 bits per heavy atom. The van der Waals surface area contributed by atoms with Crippen LogP contribution in [-0.4, -0.2) is 39.7 Å². The summed E-state index contributed by atoms with van der Waals surface area (Å²) in [4.78, 5) is 29.8. The molecule has 0 aliphatic carbocycles. The van der Waals surface area contributed by atoms with Crippen molar-refractivity contribution in [1.29, 1.82) is 0 Å². The van der Waals surface area contributed by atoms with Gasteiger partial charge < -0.3 is 21.1 Å². The highest BCUT2D eigenvalue weighted by Crippen LogP contribution is 2.13. The second-order valence-electron chi connectivity index (χ2n) is 7.95. The normalized spacial score (nSPS) is 10.6. The molecule has 8 nitrogen and oxygen atoms in total. The number of nitrogens with zero attached hydrogens (tertiary/aromatic N) is 2. The van der Waals surface area contributed by atoms with Crippen LogP contribution in [0.25, 0.3) is 0 Å². The molecule has 4 N–H and O–H groups in total. The van der Waals surface area contributed by atoms with Crippen LogP contribution in [-0.2, 0) is 22.7 Å². The Morgan fingerprint density at radius 2 is 1.57 bits per heavy atom. The third-order valence-corrected chi connectivity index (χ3v) is 4.67. The second-order valence-corrected chi connectivity index (χ2v) is 7.95. The number of alkyl halides is 3. The molecule has 0 aliphatic heterocycles. The Kier molecular flexibility index (Phi) is 10.8. The van der Waals surface area contributed by atoms with E-state index in [0.29, 0.717) is 31.4 Å². The lowest BCUT2D eigenvalue weighted by molar-refractivity contribution is -0.192. The van der Waals surface area contributed by atoms with Crippen molar-refractivity contribution in [3.8, 4) is 0 Å². The fourth-order valence-corrected chi connectivity index (χ4v) is 2.98. The van der Waals surface area contributed by atoms with E-state index in [4.69, 9.17) is 9.90 Å². The average molecular weight is 522 g/mol. The first kappa shape index (κ1) is 29.0. The Balaban J connectivity index is 0.000000604. The van der Waals surface area contributed by atoms with Crippen molar-refractivity contribution in [1.82, 2.24) is 15.3 Å². The Bertz CT molecular complexity index is 1200. The van der Waals surface area contributed by atoms with Crippen molar-refractivity contribution >= 4 is 23.6 Å². The first-order chi connectivity index (χ1) is 17.4. The molecular weight excluding hydrogens is 494 g/mol. The topological polar surface area (TPSA) is 116 Å². The van der Waals surface area contributed by atoms with E-state index >= 15 is 0 Å². The van der Waals surface area contributed by atoms with Crippen molar-refractivity contribution in [3.63, 3.8) is 0 Å². The maximum absolute atomic E-state index is 13.2. The van der Waals surface area contributed by atoms with Crippen LogP contribution >= 0.6 is 0 Å². The van der Waals surface area contributed by atoms with Crippen LogP contribution in [0, 0.1) is 19.7 Å². The van der Waals surface area contributed by atoms with Crippen molar-refractivity contribution < 1.29 is 32.3 Å². The number of hydrogen-bond donors (Lipinski definition) is 4. The molecule has 0 unspecified atom stereocenters. The van der Waals surface area contributed by atoms with Gasteiger partial charge in [0.2, 0.25) is 11.9 Å². The van der Waals surface area contributed by atoms with E-state index in [1.165, 1.54) is 17.7 Å². The number of aryl methyl sites for hydroxylation is 2. The molecule has 3 rings (SSSR count). The van der Waals surface area contributed by atoms with E-state index in [-0.39, 0.29) is 18.1 Å². The van der Waals surface area contributed by atoms with Gasteiger partial charge in [-0.1, -0.05) is 42.0 Å². The monoisotopic (exact) mass is 521 g/mol. The van der Waals surface area contributed by atoms with Crippen LogP contribution in [0.3, 0.4) is 0 Å². The molecule has 3 aromatic rings. The number of carboxylic acid groups (broad SMARTS) is 1. The standard InChI is InChI=1S/C23H26FN5O.C2HF3O2/c1-16-5-3-6-18(11-16)15-27-23-28-17(2)12-21(29-23)25-10-9-22(30)26-14-19-7-4-8-20(24)13-19;3-2(4,5)1(6)7/h3-8,11-13H,9-10,14-15H2,1-2H3,(H,26,30)(H2,25,27,28,29);(H,6,7). The Morgan fingerprint density at radius 3 is 2.19 bits per heavy atom. The molecular formula is C25H27F4N5O3. The number of carbonyl (C=O) groups excluding carboxylic acids is 1. The average Bonchev–Trinajstić information content (AvgIpc) is 2.81. The molecule has 0 saturated heterocycles. The van der Waals surface area contributed by atoms with Crippen molar-refractivity contribution in [2.24, 2.45) is 0 Å². The molecule has 1 aromatic heterocycles. The molecule has 0 radical (unpaired) electrons. The van der Waals surface area contributed by atoms with E-state index in [9.17, 15) is 22.4 Å². The summed E-state index contributed by atoms with van der Waals surface area (Å²) in [5, 5.41) is 16.3. The molecule has 0 bridgehead atoms. The second kappa shape index (κ2) is 13.8. The van der Waals surface area contributed by atoms with E-state index in [1.54, 1.807) is 12.1 Å². The highest BCUT2D eigenvalue weighted by atomic mass is 19.4. The summed E-state index contributed by atoms with van der Waals surface area (Å²) in [7, 11) is 0. The third kappa shape index (κ3) is 11.4. The molecule has 37 heavy (non-hydrogen) atoms. The van der Waals surface area contributed by atoms with Gasteiger partial charge in [-0.15, -0.1) is 0 Å². The van der Waals surface area contributed by atoms with Gasteiger partial charge in [-0.25, -0.2) is 14.2 Å². The summed E-state index contributed by atoms with van der Waals surface area (Å²) in [6.45, 7) is 5.32. The van der Waals surface area contributed by atoms with Crippen LogP contribution < -0.4 is 16.0 Å². The van der Waals surface area contributed by atoms with Crippen molar-refractivity contribution in [2.45, 2.75) is 39.5 Å². The summed E-state index contributed by atoms with van der Waals surface area (Å²) < 4.78 is 44.9. The van der Waals surface area contributed by atoms with Crippen LogP contribution in [0.1, 0.15) is 28.8 Å². The van der Waals surface area contributed by atoms with Crippen LogP contribution in [0.15, 0.2) is 54.6 Å². The molecule has 12 heteroatoms. The number of anilines is 2. The summed E-state index contributed by atoms with van der Waals surface area (Å²) in [6.07, 6.45) is -4.80. The maximum atomic E-state index is 13.2. The number of carboxylic acids is 1. The number of benzene rings is 2. The molecule has 2 aromatic carbocycles. The zero-order valence-corrected chi connectivity index (χ0v) is 20.2. The third-order valence-electron chi connectivity index (χ3n) is 4.67. The Labute approximate surface area is 211 Å². The Hall–Kier alpha value is -4.22. The summed E-state index contributed by atoms with van der Waals surface area (Å²) in [6, 6.07) is 16.3. The molecule has 1 heterocycles. The zero-order valence-electron chi connectivity index (χ0n) is 20.2. The smallest absolute Gasteiger partial charge is 0.475 e. The van der Waals surface area contributed by atoms with Gasteiger partial charge in [0, 0.05) is 37.8 Å². The molecule has 0 aliphatic rings. The van der Waals surface area contributed by atoms with Gasteiger partial charge in [-0.2, -0.15) is 18.2 Å². The van der Waals surface area contributed by atoms with Crippen LogP contribution in [0.4, 0.5) is 29.3 Å². The minimum Gasteiger partial charge on any atom is -0.475 e. The first-order valence-corrected chi connectivity index (χ1v) is 11.1. The number of rotatable bonds is 9. The fourth-order valence-electron chi connectivity index (χ4n) is 2.98. The van der Waals surface area contributed by atoms with E-state index in [1.807, 2.05) is 19.1 Å². The summed E-state index contributed by atoms with van der Waals surface area (Å²) in [5.74, 6) is -1.99. The number of aromatic nitrogens is 2. The number of halogens is 4. The van der Waals surface area contributed by atoms with Gasteiger partial charge >= 0.3 is 12.1 Å². The molecule has 198 valence electrons. The number of amides is 1. The lowest BCUT2D eigenvalue weighted by Crippen LogP contribution is -2.25. The lowest BCUT2D eigenvalue weighted by atomic mass is 10.1. The molecule has 0 fully saturated rings. The largest absolute Gasteiger partial charge is 0.490 e. The maximum Gasteiger partial charge on any atom is 0.490 e. The van der Waals surface area contributed by atoms with E-state index in [0.717, 1.165) is 16.8 Å². The van der Waals surface area contributed by atoms with E-state index in [2.05, 4.69) is 51.0 Å². The molecule has 0 saturated carbocycles. The van der Waals surface area contributed by atoms with Gasteiger partial charge in [0.05, 0.1) is 0 Å². The SMILES string of the molecule is Cc1cccc(CNc2nc(C)cc(NCCC(=O)NCc3cccc(F)c3)n2)c1.O=C(O)C(F)(F)F. The van der Waals surface area contributed by atoms with Crippen molar-refractivity contribution in [3.05, 3.63) is 82.8 Å². The van der Waals surface area contributed by atoms with Gasteiger partial charge in [-0.05, 0) is 37.1 Å². The highest BCUT2D eigenvalue weighted by Gasteiger charge is 2.38. The minimum absolute atomic E-state index is 0.115. The predicted molar refractivity (Wildman–Crippen MR) is 130 cm³/mol. The van der Waals surface area contributed by atoms with Crippen molar-refractivity contribution in [2.75, 3.05) is 17.2 Å². The number of hydrogen-bond acceptors (Lipinski definition) is 6. The molecule has 1 amide bonds. The van der Waals surface area contributed by atoms with Gasteiger partial charge in [0.1, 0.15) is 11.6 Å². The van der Waals surface area contributed by atoms with Crippen LogP contribution in [0.5, 0.6) is 0 Å². The lowest BCUT2D eigenvalue weighted by Gasteiger charge is -2.11. The predicted octanol–water partition coefficient (Wildman–Crippen LogP) is 4.60. The summed E-state index contributed by atoms with van der Waals surface area (Å²) in [5.41, 5.74) is 3.92. The minimum atomic E-state index is -5.08. The first-order valence-electron chi connectivity index (χ1n) is 11.1. The number of nitrogens with one attached hydrogen (secondary N) is 3.